The summed E-state index contributed by atoms with van der Waals surface area (Å²) in [5.74, 6) is -1.58. The summed E-state index contributed by atoms with van der Waals surface area (Å²) in [5.41, 5.74) is -0.521. The summed E-state index contributed by atoms with van der Waals surface area (Å²) in [6.07, 6.45) is 1.14. The second-order valence-corrected chi connectivity index (χ2v) is 6.66. The van der Waals surface area contributed by atoms with E-state index in [9.17, 15) is 23.2 Å². The zero-order valence-corrected chi connectivity index (χ0v) is 14.5. The molecule has 0 N–H and O–H groups in total. The standard InChI is InChI=1S/C18H19F2N3O3/c1-21-15(9-16(24)22(2)18(21)26)17(25)23-4-3-11(10-23)5-12-6-13(19)8-14(20)7-12/h6-9,11H,3-5,10H2,1-2H3. The summed E-state index contributed by atoms with van der Waals surface area (Å²) in [6.45, 7) is 0.866. The molecule has 26 heavy (non-hydrogen) atoms. The van der Waals surface area contributed by atoms with Gasteiger partial charge in [-0.15, -0.1) is 0 Å². The Morgan fingerprint density at radius 3 is 2.38 bits per heavy atom. The van der Waals surface area contributed by atoms with E-state index in [0.717, 1.165) is 21.3 Å². The number of carbonyl (C=O) groups is 1. The Balaban J connectivity index is 1.76. The number of benzene rings is 1. The number of nitrogens with zero attached hydrogens (tertiary/aromatic N) is 3. The molecule has 0 saturated carbocycles. The van der Waals surface area contributed by atoms with Crippen molar-refractivity contribution in [2.45, 2.75) is 12.8 Å². The van der Waals surface area contributed by atoms with E-state index in [1.807, 2.05) is 0 Å². The van der Waals surface area contributed by atoms with E-state index in [4.69, 9.17) is 0 Å². The highest BCUT2D eigenvalue weighted by atomic mass is 19.1. The van der Waals surface area contributed by atoms with Gasteiger partial charge in [0, 0.05) is 39.3 Å². The molecule has 0 aliphatic carbocycles. The molecule has 1 fully saturated rings. The first-order valence-corrected chi connectivity index (χ1v) is 8.27. The Morgan fingerprint density at radius 2 is 1.73 bits per heavy atom. The van der Waals surface area contributed by atoms with Crippen molar-refractivity contribution in [1.29, 1.82) is 0 Å². The van der Waals surface area contributed by atoms with Crippen LogP contribution in [0.5, 0.6) is 0 Å². The first-order valence-electron chi connectivity index (χ1n) is 8.27. The minimum absolute atomic E-state index is 0.0375. The van der Waals surface area contributed by atoms with Gasteiger partial charge in [0.1, 0.15) is 17.3 Å². The van der Waals surface area contributed by atoms with Gasteiger partial charge >= 0.3 is 5.69 Å². The van der Waals surface area contributed by atoms with Gasteiger partial charge in [-0.1, -0.05) is 0 Å². The van der Waals surface area contributed by atoms with E-state index in [-0.39, 0.29) is 11.6 Å². The maximum absolute atomic E-state index is 13.3. The molecule has 1 aliphatic heterocycles. The molecule has 2 aromatic rings. The van der Waals surface area contributed by atoms with Crippen LogP contribution in [0.1, 0.15) is 22.5 Å². The molecular formula is C18H19F2N3O3. The molecule has 3 rings (SSSR count). The fourth-order valence-corrected chi connectivity index (χ4v) is 3.35. The summed E-state index contributed by atoms with van der Waals surface area (Å²) in [6, 6.07) is 4.56. The average Bonchev–Trinajstić information content (AvgIpc) is 3.03. The van der Waals surface area contributed by atoms with Crippen LogP contribution in [0.3, 0.4) is 0 Å². The number of amides is 1. The van der Waals surface area contributed by atoms with Crippen LogP contribution in [0.2, 0.25) is 0 Å². The molecule has 1 aromatic carbocycles. The van der Waals surface area contributed by atoms with Gasteiger partial charge in [0.2, 0.25) is 0 Å². The Morgan fingerprint density at radius 1 is 1.08 bits per heavy atom. The van der Waals surface area contributed by atoms with E-state index in [1.165, 1.54) is 26.2 Å². The molecule has 1 amide bonds. The monoisotopic (exact) mass is 363 g/mol. The minimum atomic E-state index is -0.624. The van der Waals surface area contributed by atoms with Gasteiger partial charge in [0.25, 0.3) is 11.5 Å². The molecule has 1 aliphatic rings. The van der Waals surface area contributed by atoms with Gasteiger partial charge in [-0.05, 0) is 36.5 Å². The molecule has 138 valence electrons. The van der Waals surface area contributed by atoms with Gasteiger partial charge in [-0.25, -0.2) is 13.6 Å². The third-order valence-corrected chi connectivity index (χ3v) is 4.76. The van der Waals surface area contributed by atoms with Crippen molar-refractivity contribution in [3.8, 4) is 0 Å². The molecule has 1 unspecified atom stereocenters. The van der Waals surface area contributed by atoms with Crippen LogP contribution in [0.25, 0.3) is 0 Å². The van der Waals surface area contributed by atoms with Gasteiger partial charge < -0.3 is 4.90 Å². The third-order valence-electron chi connectivity index (χ3n) is 4.76. The predicted molar refractivity (Wildman–Crippen MR) is 91.0 cm³/mol. The number of hydrogen-bond acceptors (Lipinski definition) is 3. The highest BCUT2D eigenvalue weighted by Gasteiger charge is 2.29. The molecule has 0 radical (unpaired) electrons. The van der Waals surface area contributed by atoms with Crippen molar-refractivity contribution in [2.75, 3.05) is 13.1 Å². The minimum Gasteiger partial charge on any atom is -0.337 e. The van der Waals surface area contributed by atoms with Gasteiger partial charge in [0.05, 0.1) is 0 Å². The lowest BCUT2D eigenvalue weighted by atomic mass is 9.98. The molecule has 8 heteroatoms. The van der Waals surface area contributed by atoms with E-state index in [0.29, 0.717) is 31.5 Å². The lowest BCUT2D eigenvalue weighted by Crippen LogP contribution is -2.42. The Labute approximate surface area is 148 Å². The largest absolute Gasteiger partial charge is 0.337 e. The van der Waals surface area contributed by atoms with Crippen molar-refractivity contribution in [3.63, 3.8) is 0 Å². The number of rotatable bonds is 3. The van der Waals surface area contributed by atoms with Crippen LogP contribution < -0.4 is 11.2 Å². The number of aromatic nitrogens is 2. The van der Waals surface area contributed by atoms with Crippen molar-refractivity contribution < 1.29 is 13.6 Å². The fraction of sp³-hybridized carbons (Fsp3) is 0.389. The normalized spacial score (nSPS) is 16.9. The molecule has 1 aromatic heterocycles. The number of carbonyl (C=O) groups excluding carboxylic acids is 1. The first-order chi connectivity index (χ1) is 12.3. The number of hydrogen-bond donors (Lipinski definition) is 0. The highest BCUT2D eigenvalue weighted by molar-refractivity contribution is 5.92. The zero-order valence-electron chi connectivity index (χ0n) is 14.5. The average molecular weight is 363 g/mol. The van der Waals surface area contributed by atoms with Crippen LogP contribution in [0.15, 0.2) is 33.9 Å². The highest BCUT2D eigenvalue weighted by Crippen LogP contribution is 2.23. The first kappa shape index (κ1) is 18.0. The van der Waals surface area contributed by atoms with E-state index < -0.39 is 28.8 Å². The van der Waals surface area contributed by atoms with E-state index >= 15 is 0 Å². The summed E-state index contributed by atoms with van der Waals surface area (Å²) in [5, 5.41) is 0. The molecule has 0 spiro atoms. The maximum Gasteiger partial charge on any atom is 0.331 e. The Hall–Kier alpha value is -2.77. The SMILES string of the molecule is Cn1c(C(=O)N2CCC(Cc3cc(F)cc(F)c3)C2)cc(=O)n(C)c1=O. The number of likely N-dealkylation sites (tertiary alicyclic amines) is 1. The van der Waals surface area contributed by atoms with Gasteiger partial charge in [-0.3, -0.25) is 18.7 Å². The third kappa shape index (κ3) is 3.44. The lowest BCUT2D eigenvalue weighted by molar-refractivity contribution is 0.0775. The second-order valence-electron chi connectivity index (χ2n) is 6.66. The Bertz CT molecular complexity index is 960. The van der Waals surface area contributed by atoms with Crippen LogP contribution in [-0.4, -0.2) is 33.0 Å². The molecule has 0 bridgehead atoms. The maximum atomic E-state index is 13.3. The van der Waals surface area contributed by atoms with Crippen LogP contribution in [-0.2, 0) is 20.5 Å². The van der Waals surface area contributed by atoms with Crippen molar-refractivity contribution >= 4 is 5.91 Å². The quantitative estimate of drug-likeness (QED) is 0.819. The van der Waals surface area contributed by atoms with Crippen LogP contribution in [0.4, 0.5) is 8.78 Å². The topological polar surface area (TPSA) is 64.3 Å². The van der Waals surface area contributed by atoms with Gasteiger partial charge in [0.15, 0.2) is 0 Å². The molecular weight excluding hydrogens is 344 g/mol. The predicted octanol–water partition coefficient (Wildman–Crippen LogP) is 1.07. The second kappa shape index (κ2) is 6.86. The summed E-state index contributed by atoms with van der Waals surface area (Å²) in [4.78, 5) is 38.0. The van der Waals surface area contributed by atoms with Crippen molar-refractivity contribution in [2.24, 2.45) is 20.0 Å². The summed E-state index contributed by atoms with van der Waals surface area (Å²) >= 11 is 0. The smallest absolute Gasteiger partial charge is 0.331 e. The molecule has 1 saturated heterocycles. The van der Waals surface area contributed by atoms with Crippen LogP contribution in [0, 0.1) is 17.6 Å². The van der Waals surface area contributed by atoms with Crippen molar-refractivity contribution in [1.82, 2.24) is 14.0 Å². The Kier molecular flexibility index (Phi) is 4.76. The fourth-order valence-electron chi connectivity index (χ4n) is 3.35. The number of halogens is 2. The van der Waals surface area contributed by atoms with E-state index in [1.54, 1.807) is 4.90 Å². The molecule has 6 nitrogen and oxygen atoms in total. The molecule has 1 atom stereocenters. The molecule has 2 heterocycles. The zero-order chi connectivity index (χ0) is 19.0. The van der Waals surface area contributed by atoms with Gasteiger partial charge in [-0.2, -0.15) is 0 Å². The summed E-state index contributed by atoms with van der Waals surface area (Å²) < 4.78 is 28.7. The lowest BCUT2D eigenvalue weighted by Gasteiger charge is -2.18. The van der Waals surface area contributed by atoms with Crippen LogP contribution >= 0.6 is 0 Å². The summed E-state index contributed by atoms with van der Waals surface area (Å²) in [7, 11) is 2.79. The van der Waals surface area contributed by atoms with Crippen molar-refractivity contribution in [3.05, 3.63) is 68.0 Å². The van der Waals surface area contributed by atoms with E-state index in [2.05, 4.69) is 0 Å².